The van der Waals surface area contributed by atoms with Crippen LogP contribution in [0.4, 0.5) is 0 Å². The number of amides is 1. The van der Waals surface area contributed by atoms with Crippen molar-refractivity contribution in [3.05, 3.63) is 58.9 Å². The second-order valence-corrected chi connectivity index (χ2v) is 10.3. The van der Waals surface area contributed by atoms with Gasteiger partial charge < -0.3 is 9.30 Å². The van der Waals surface area contributed by atoms with Crippen LogP contribution >= 0.6 is 11.3 Å². The third kappa shape index (κ3) is 6.41. The van der Waals surface area contributed by atoms with Crippen molar-refractivity contribution in [1.29, 1.82) is 10.5 Å². The Bertz CT molecular complexity index is 1410. The van der Waals surface area contributed by atoms with E-state index >= 15 is 0 Å². The number of nitriles is 2. The molecule has 1 heterocycles. The number of ether oxygens (including phenoxy) is 1. The number of nitrogens with zero attached hydrogens (tertiary/aromatic N) is 5. The summed E-state index contributed by atoms with van der Waals surface area (Å²) in [6.07, 6.45) is 0.0249. The summed E-state index contributed by atoms with van der Waals surface area (Å²) >= 11 is 1.40. The zero-order valence-corrected chi connectivity index (χ0v) is 20.9. The van der Waals surface area contributed by atoms with Gasteiger partial charge in [0.1, 0.15) is 0 Å². The van der Waals surface area contributed by atoms with Gasteiger partial charge in [-0.05, 0) is 43.3 Å². The molecule has 1 aromatic heterocycles. The molecule has 0 aliphatic rings. The topological polar surface area (TPSA) is 129 Å². The number of hydrogen-bond acceptors (Lipinski definition) is 7. The number of carbonyl (C=O) groups is 1. The third-order valence-electron chi connectivity index (χ3n) is 5.13. The smallest absolute Gasteiger partial charge is 0.279 e. The number of fused-ring (bicyclic) bond motifs is 1. The van der Waals surface area contributed by atoms with Crippen LogP contribution < -0.4 is 4.80 Å². The van der Waals surface area contributed by atoms with E-state index in [0.29, 0.717) is 24.6 Å². The average Bonchev–Trinajstić information content (AvgIpc) is 3.21. The summed E-state index contributed by atoms with van der Waals surface area (Å²) in [6, 6.07) is 17.1. The van der Waals surface area contributed by atoms with E-state index in [1.54, 1.807) is 0 Å². The Kier molecular flexibility index (Phi) is 9.29. The highest BCUT2D eigenvalue weighted by Gasteiger charge is 2.24. The Morgan fingerprint density at radius 1 is 1.09 bits per heavy atom. The van der Waals surface area contributed by atoms with E-state index in [2.05, 4.69) is 4.99 Å². The SMILES string of the molecule is CCOCCn1c(=NC(=O)c2ccc(S(=O)(=O)N(CCC#N)CCC#N)cc2)sc2ccccc21. The molecule has 0 spiro atoms. The van der Waals surface area contributed by atoms with Crippen molar-refractivity contribution in [3.8, 4) is 12.1 Å². The van der Waals surface area contributed by atoms with Gasteiger partial charge in [-0.2, -0.15) is 19.8 Å². The molecule has 0 unspecified atom stereocenters. The molecule has 0 bridgehead atoms. The lowest BCUT2D eigenvalue weighted by molar-refractivity contribution is 0.0996. The highest BCUT2D eigenvalue weighted by Crippen LogP contribution is 2.19. The van der Waals surface area contributed by atoms with Crippen molar-refractivity contribution in [2.75, 3.05) is 26.3 Å². The molecule has 0 N–H and O–H groups in total. The van der Waals surface area contributed by atoms with Gasteiger partial charge in [0.05, 0.1) is 33.9 Å². The highest BCUT2D eigenvalue weighted by atomic mass is 32.2. The third-order valence-corrected chi connectivity index (χ3v) is 8.11. The number of carbonyl (C=O) groups excluding carboxylic acids is 1. The molecule has 0 aliphatic carbocycles. The average molecular weight is 512 g/mol. The van der Waals surface area contributed by atoms with Crippen molar-refractivity contribution in [2.45, 2.75) is 31.2 Å². The first-order chi connectivity index (χ1) is 16.9. The maximum absolute atomic E-state index is 13.0. The zero-order valence-electron chi connectivity index (χ0n) is 19.3. The van der Waals surface area contributed by atoms with Crippen molar-refractivity contribution in [2.24, 2.45) is 4.99 Å². The second-order valence-electron chi connectivity index (χ2n) is 7.36. The summed E-state index contributed by atoms with van der Waals surface area (Å²) < 4.78 is 35.5. The van der Waals surface area contributed by atoms with Crippen LogP contribution in [0.25, 0.3) is 10.2 Å². The fourth-order valence-electron chi connectivity index (χ4n) is 3.39. The molecule has 0 saturated carbocycles. The lowest BCUT2D eigenvalue weighted by Crippen LogP contribution is -2.32. The summed E-state index contributed by atoms with van der Waals surface area (Å²) in [5, 5.41) is 17.7. The normalized spacial score (nSPS) is 12.1. The predicted molar refractivity (Wildman–Crippen MR) is 132 cm³/mol. The quantitative estimate of drug-likeness (QED) is 0.363. The number of hydrogen-bond donors (Lipinski definition) is 0. The number of rotatable bonds is 11. The molecule has 3 aromatic rings. The van der Waals surface area contributed by atoms with Crippen LogP contribution in [0.2, 0.25) is 0 Å². The van der Waals surface area contributed by atoms with Gasteiger partial charge in [-0.25, -0.2) is 8.42 Å². The molecule has 35 heavy (non-hydrogen) atoms. The van der Waals surface area contributed by atoms with E-state index in [9.17, 15) is 13.2 Å². The highest BCUT2D eigenvalue weighted by molar-refractivity contribution is 7.89. The maximum Gasteiger partial charge on any atom is 0.279 e. The van der Waals surface area contributed by atoms with Gasteiger partial charge in [-0.3, -0.25) is 4.79 Å². The zero-order chi connectivity index (χ0) is 25.3. The van der Waals surface area contributed by atoms with E-state index in [1.807, 2.05) is 47.9 Å². The monoisotopic (exact) mass is 511 g/mol. The lowest BCUT2D eigenvalue weighted by Gasteiger charge is -2.20. The van der Waals surface area contributed by atoms with E-state index < -0.39 is 15.9 Å². The molecule has 0 saturated heterocycles. The minimum atomic E-state index is -3.91. The molecular formula is C24H25N5O4S2. The number of thiazole rings is 1. The minimum absolute atomic E-state index is 0.00971. The van der Waals surface area contributed by atoms with Gasteiger partial charge in [0.25, 0.3) is 5.91 Å². The van der Waals surface area contributed by atoms with Crippen LogP contribution in [0.3, 0.4) is 0 Å². The lowest BCUT2D eigenvalue weighted by atomic mass is 10.2. The van der Waals surface area contributed by atoms with Crippen LogP contribution in [0.15, 0.2) is 58.4 Å². The van der Waals surface area contributed by atoms with Crippen molar-refractivity contribution in [1.82, 2.24) is 8.87 Å². The summed E-state index contributed by atoms with van der Waals surface area (Å²) in [6.45, 7) is 3.52. The van der Waals surface area contributed by atoms with Crippen LogP contribution in [0.1, 0.15) is 30.1 Å². The van der Waals surface area contributed by atoms with Crippen LogP contribution in [0.5, 0.6) is 0 Å². The largest absolute Gasteiger partial charge is 0.380 e. The minimum Gasteiger partial charge on any atom is -0.380 e. The Labute approximate surface area is 208 Å². The van der Waals surface area contributed by atoms with Gasteiger partial charge in [0.2, 0.25) is 10.0 Å². The standard InChI is InChI=1S/C24H25N5O4S2/c1-2-33-18-17-29-21-7-3-4-8-22(21)34-24(29)27-23(30)19-9-11-20(12-10-19)35(31,32)28(15-5-13-25)16-6-14-26/h3-4,7-12H,2,5-6,15-18H2,1H3. The Morgan fingerprint density at radius 2 is 1.74 bits per heavy atom. The number of aromatic nitrogens is 1. The molecule has 1 amide bonds. The molecule has 0 fully saturated rings. The molecule has 0 radical (unpaired) electrons. The molecule has 11 heteroatoms. The molecule has 0 aliphatic heterocycles. The summed E-state index contributed by atoms with van der Waals surface area (Å²) in [5.74, 6) is -0.489. The van der Waals surface area contributed by atoms with E-state index in [-0.39, 0.29) is 36.4 Å². The Hall–Kier alpha value is -3.35. The Morgan fingerprint density at radius 3 is 2.37 bits per heavy atom. The molecule has 3 rings (SSSR count). The number of para-hydroxylation sites is 1. The molecule has 2 aromatic carbocycles. The van der Waals surface area contributed by atoms with Gasteiger partial charge >= 0.3 is 0 Å². The van der Waals surface area contributed by atoms with E-state index in [4.69, 9.17) is 15.3 Å². The number of benzene rings is 2. The van der Waals surface area contributed by atoms with Crippen LogP contribution in [-0.4, -0.2) is 49.5 Å². The first kappa shape index (κ1) is 26.3. The van der Waals surface area contributed by atoms with Crippen LogP contribution in [0, 0.1) is 22.7 Å². The van der Waals surface area contributed by atoms with Crippen molar-refractivity contribution >= 4 is 37.5 Å². The van der Waals surface area contributed by atoms with Gasteiger partial charge in [0, 0.05) is 44.6 Å². The predicted octanol–water partition coefficient (Wildman–Crippen LogP) is 3.30. The summed E-state index contributed by atoms with van der Waals surface area (Å²) in [7, 11) is -3.91. The number of sulfonamides is 1. The fraction of sp³-hybridized carbons (Fsp3) is 0.333. The molecular weight excluding hydrogens is 486 g/mol. The van der Waals surface area contributed by atoms with Crippen LogP contribution in [-0.2, 0) is 21.3 Å². The van der Waals surface area contributed by atoms with Gasteiger partial charge in [-0.15, -0.1) is 0 Å². The first-order valence-corrected chi connectivity index (χ1v) is 13.3. The Balaban J connectivity index is 1.89. The second kappa shape index (κ2) is 12.4. The molecule has 0 atom stereocenters. The maximum atomic E-state index is 13.0. The van der Waals surface area contributed by atoms with Gasteiger partial charge in [-0.1, -0.05) is 23.5 Å². The summed E-state index contributed by atoms with van der Waals surface area (Å²) in [5.41, 5.74) is 1.21. The summed E-state index contributed by atoms with van der Waals surface area (Å²) in [4.78, 5) is 17.7. The van der Waals surface area contributed by atoms with E-state index in [0.717, 1.165) is 14.5 Å². The van der Waals surface area contributed by atoms with E-state index in [1.165, 1.54) is 35.6 Å². The van der Waals surface area contributed by atoms with Crippen molar-refractivity contribution < 1.29 is 17.9 Å². The molecule has 9 nitrogen and oxygen atoms in total. The fourth-order valence-corrected chi connectivity index (χ4v) is 5.89. The first-order valence-electron chi connectivity index (χ1n) is 11.0. The van der Waals surface area contributed by atoms with Gasteiger partial charge in [0.15, 0.2) is 4.80 Å². The van der Waals surface area contributed by atoms with Crippen molar-refractivity contribution in [3.63, 3.8) is 0 Å². The molecule has 182 valence electrons.